The van der Waals surface area contributed by atoms with E-state index in [0.29, 0.717) is 16.4 Å². The van der Waals surface area contributed by atoms with Gasteiger partial charge < -0.3 is 4.74 Å². The second kappa shape index (κ2) is 4.70. The molecule has 3 nitrogen and oxygen atoms in total. The lowest BCUT2D eigenvalue weighted by atomic mass is 10.3. The van der Waals surface area contributed by atoms with Crippen LogP contribution in [0.5, 0.6) is 0 Å². The molecule has 0 unspecified atom stereocenters. The summed E-state index contributed by atoms with van der Waals surface area (Å²) in [7, 11) is 1.69. The molecule has 0 aliphatic heterocycles. The van der Waals surface area contributed by atoms with Gasteiger partial charge in [0.05, 0.1) is 12.3 Å². The molecule has 0 aliphatic rings. The van der Waals surface area contributed by atoms with Gasteiger partial charge in [0.2, 0.25) is 0 Å². The Morgan fingerprint density at radius 3 is 2.64 bits per heavy atom. The smallest absolute Gasteiger partial charge is 0.261 e. The fourth-order valence-electron chi connectivity index (χ4n) is 1.09. The minimum absolute atomic E-state index is 0.0723. The molecule has 0 saturated heterocycles. The fourth-order valence-corrected chi connectivity index (χ4v) is 1.32. The summed E-state index contributed by atoms with van der Waals surface area (Å²) < 4.78 is 29.8. The molecule has 1 aromatic rings. The number of nitrogens with zero attached hydrogens (tertiary/aromatic N) is 2. The maximum Gasteiger partial charge on any atom is 0.261 e. The van der Waals surface area contributed by atoms with E-state index in [-0.39, 0.29) is 6.61 Å². The minimum Gasteiger partial charge on any atom is -0.371 e. The Bertz CT molecular complexity index is 315. The van der Waals surface area contributed by atoms with Crippen LogP contribution in [0, 0.1) is 6.92 Å². The van der Waals surface area contributed by atoms with E-state index in [0.717, 1.165) is 0 Å². The molecular weight excluding hydrogens is 214 g/mol. The number of aromatic nitrogens is 2. The summed E-state index contributed by atoms with van der Waals surface area (Å²) in [6.07, 6.45) is -2.45. The molecule has 0 amide bonds. The van der Waals surface area contributed by atoms with Crippen LogP contribution in [0.4, 0.5) is 8.78 Å². The zero-order valence-corrected chi connectivity index (χ0v) is 8.68. The first-order chi connectivity index (χ1) is 6.52. The van der Waals surface area contributed by atoms with Crippen molar-refractivity contribution in [1.29, 1.82) is 0 Å². The molecule has 1 heterocycles. The number of ether oxygens (including phenoxy) is 1. The molecule has 0 atom stereocenters. The highest BCUT2D eigenvalue weighted by Gasteiger charge is 2.12. The van der Waals surface area contributed by atoms with Gasteiger partial charge in [-0.05, 0) is 6.92 Å². The first-order valence-corrected chi connectivity index (χ1v) is 4.44. The van der Waals surface area contributed by atoms with E-state index in [4.69, 9.17) is 16.3 Å². The molecule has 0 aliphatic carbocycles. The maximum absolute atomic E-state index is 11.8. The third-order valence-electron chi connectivity index (χ3n) is 1.76. The monoisotopic (exact) mass is 224 g/mol. The van der Waals surface area contributed by atoms with Crippen molar-refractivity contribution in [1.82, 2.24) is 9.78 Å². The summed E-state index contributed by atoms with van der Waals surface area (Å²) >= 11 is 5.86. The highest BCUT2D eigenvalue weighted by molar-refractivity contribution is 6.30. The van der Waals surface area contributed by atoms with Crippen LogP contribution in [0.1, 0.15) is 11.3 Å². The van der Waals surface area contributed by atoms with Crippen LogP contribution in [-0.4, -0.2) is 22.8 Å². The van der Waals surface area contributed by atoms with Crippen LogP contribution in [0.15, 0.2) is 0 Å². The van der Waals surface area contributed by atoms with E-state index in [2.05, 4.69) is 5.10 Å². The predicted octanol–water partition coefficient (Wildman–Crippen LogP) is 2.16. The number of aryl methyl sites for hydroxylation is 2. The molecule has 0 aromatic carbocycles. The summed E-state index contributed by atoms with van der Waals surface area (Å²) in [5.74, 6) is 0. The quantitative estimate of drug-likeness (QED) is 0.784. The number of rotatable bonds is 4. The molecule has 0 spiro atoms. The Hall–Kier alpha value is -0.680. The van der Waals surface area contributed by atoms with E-state index < -0.39 is 13.0 Å². The van der Waals surface area contributed by atoms with Crippen molar-refractivity contribution in [2.24, 2.45) is 7.05 Å². The fraction of sp³-hybridized carbons (Fsp3) is 0.625. The van der Waals surface area contributed by atoms with Gasteiger partial charge in [-0.25, -0.2) is 8.78 Å². The van der Waals surface area contributed by atoms with Gasteiger partial charge in [-0.3, -0.25) is 4.68 Å². The van der Waals surface area contributed by atoms with Gasteiger partial charge >= 0.3 is 0 Å². The molecule has 6 heteroatoms. The molecule has 80 valence electrons. The minimum atomic E-state index is -2.45. The molecule has 14 heavy (non-hydrogen) atoms. The van der Waals surface area contributed by atoms with Crippen molar-refractivity contribution in [3.63, 3.8) is 0 Å². The Labute approximate surface area is 85.6 Å². The molecule has 0 fully saturated rings. The van der Waals surface area contributed by atoms with E-state index in [1.54, 1.807) is 14.0 Å². The molecule has 1 rings (SSSR count). The zero-order valence-electron chi connectivity index (χ0n) is 7.93. The van der Waals surface area contributed by atoms with Crippen LogP contribution in [-0.2, 0) is 18.4 Å². The molecule has 0 bridgehead atoms. The Kier molecular flexibility index (Phi) is 3.83. The third-order valence-corrected chi connectivity index (χ3v) is 2.23. The van der Waals surface area contributed by atoms with E-state index in [1.165, 1.54) is 4.68 Å². The Morgan fingerprint density at radius 1 is 1.57 bits per heavy atom. The Balaban J connectivity index is 2.58. The highest BCUT2D eigenvalue weighted by Crippen LogP contribution is 2.19. The van der Waals surface area contributed by atoms with E-state index in [1.807, 2.05) is 0 Å². The maximum atomic E-state index is 11.8. The second-order valence-electron chi connectivity index (χ2n) is 2.88. The van der Waals surface area contributed by atoms with Crippen molar-refractivity contribution >= 4 is 11.6 Å². The lowest BCUT2D eigenvalue weighted by molar-refractivity contribution is 0.00973. The summed E-state index contributed by atoms with van der Waals surface area (Å²) in [5.41, 5.74) is 1.36. The topological polar surface area (TPSA) is 27.1 Å². The van der Waals surface area contributed by atoms with Crippen molar-refractivity contribution in [2.45, 2.75) is 20.0 Å². The third kappa shape index (κ3) is 2.65. The van der Waals surface area contributed by atoms with E-state index >= 15 is 0 Å². The van der Waals surface area contributed by atoms with Gasteiger partial charge in [0.15, 0.2) is 0 Å². The van der Waals surface area contributed by atoms with Gasteiger partial charge in [-0.15, -0.1) is 0 Å². The van der Waals surface area contributed by atoms with Crippen LogP contribution in [0.25, 0.3) is 0 Å². The van der Waals surface area contributed by atoms with Gasteiger partial charge in [0.25, 0.3) is 6.43 Å². The molecule has 0 radical (unpaired) electrons. The second-order valence-corrected chi connectivity index (χ2v) is 3.24. The first-order valence-electron chi connectivity index (χ1n) is 4.06. The van der Waals surface area contributed by atoms with Crippen LogP contribution < -0.4 is 0 Å². The van der Waals surface area contributed by atoms with Crippen molar-refractivity contribution in [2.75, 3.05) is 6.61 Å². The summed E-state index contributed by atoms with van der Waals surface area (Å²) in [6, 6.07) is 0. The molecular formula is C8H11ClF2N2O. The van der Waals surface area contributed by atoms with Crippen molar-refractivity contribution in [3.8, 4) is 0 Å². The number of alkyl halides is 2. The number of hydrogen-bond acceptors (Lipinski definition) is 2. The van der Waals surface area contributed by atoms with Crippen molar-refractivity contribution < 1.29 is 13.5 Å². The summed E-state index contributed by atoms with van der Waals surface area (Å²) in [6.45, 7) is 1.25. The molecule has 0 saturated carbocycles. The Morgan fingerprint density at radius 2 is 2.21 bits per heavy atom. The zero-order chi connectivity index (χ0) is 10.7. The number of hydrogen-bond donors (Lipinski definition) is 0. The predicted molar refractivity (Wildman–Crippen MR) is 48.6 cm³/mol. The standard InChI is InChI=1S/C8H11ClF2N2O/c1-5-6(3-14-4-7(10)11)8(9)13(2)12-5/h7H,3-4H2,1-2H3. The van der Waals surface area contributed by atoms with Crippen molar-refractivity contribution in [3.05, 3.63) is 16.4 Å². The lowest BCUT2D eigenvalue weighted by Gasteiger charge is -2.02. The highest BCUT2D eigenvalue weighted by atomic mass is 35.5. The first kappa shape index (κ1) is 11.4. The SMILES string of the molecule is Cc1nn(C)c(Cl)c1COCC(F)F. The molecule has 0 N–H and O–H groups in total. The van der Waals surface area contributed by atoms with Crippen LogP contribution in [0.3, 0.4) is 0 Å². The largest absolute Gasteiger partial charge is 0.371 e. The van der Waals surface area contributed by atoms with Gasteiger partial charge in [0.1, 0.15) is 11.8 Å². The number of halogens is 3. The van der Waals surface area contributed by atoms with Gasteiger partial charge in [0, 0.05) is 12.6 Å². The van der Waals surface area contributed by atoms with Gasteiger partial charge in [-0.1, -0.05) is 11.6 Å². The average molecular weight is 225 g/mol. The van der Waals surface area contributed by atoms with E-state index in [9.17, 15) is 8.78 Å². The average Bonchev–Trinajstić information content (AvgIpc) is 2.31. The van der Waals surface area contributed by atoms with Crippen LogP contribution >= 0.6 is 11.6 Å². The normalized spacial score (nSPS) is 11.3. The van der Waals surface area contributed by atoms with Crippen LogP contribution in [0.2, 0.25) is 5.15 Å². The van der Waals surface area contributed by atoms with Gasteiger partial charge in [-0.2, -0.15) is 5.10 Å². The lowest BCUT2D eigenvalue weighted by Crippen LogP contribution is -2.04. The summed E-state index contributed by atoms with van der Waals surface area (Å²) in [5, 5.41) is 4.45. The summed E-state index contributed by atoms with van der Waals surface area (Å²) in [4.78, 5) is 0. The molecule has 1 aromatic heterocycles.